The van der Waals surface area contributed by atoms with Gasteiger partial charge in [-0.1, -0.05) is 12.8 Å². The summed E-state index contributed by atoms with van der Waals surface area (Å²) < 4.78 is 14.0. The lowest BCUT2D eigenvalue weighted by molar-refractivity contribution is 0.629. The molecule has 1 aromatic heterocycles. The predicted octanol–water partition coefficient (Wildman–Crippen LogP) is 3.87. The van der Waals surface area contributed by atoms with Crippen molar-refractivity contribution in [2.24, 2.45) is 10.7 Å². The third kappa shape index (κ3) is 3.17. The minimum absolute atomic E-state index is 0.199. The third-order valence-corrected chi connectivity index (χ3v) is 6.00. The number of benzene rings is 1. The molecule has 2 aliphatic rings. The number of nitrogens with zero attached hydrogens (tertiary/aromatic N) is 1. The Kier molecular flexibility index (Phi) is 4.50. The maximum Gasteiger partial charge on any atom is 0.126 e. The smallest absolute Gasteiger partial charge is 0.126 e. The number of nitrogens with two attached hydrogens (primary N) is 1. The molecule has 2 heterocycles. The molecule has 24 heavy (non-hydrogen) atoms. The van der Waals surface area contributed by atoms with Crippen LogP contribution < -0.4 is 11.1 Å². The molecule has 1 aromatic carbocycles. The number of H-pyrrole nitrogens is 1. The first kappa shape index (κ1) is 16.0. The van der Waals surface area contributed by atoms with Crippen molar-refractivity contribution >= 4 is 33.4 Å². The standard InChI is InChI=1S/C18H23FN4S/c19-12-7-11-8-16(18-22-14(5-6-20)10-24-18)23-17(11)15(9-12)21-13-3-1-2-4-13/h7-9,13-14,21,23H,1-6,10,20H2/t14-/m1/s1. The SMILES string of the molecule is NCC[C@@H]1CSC(c2cc3cc(F)cc(NC4CCCC4)c3[nH]2)=N1. The minimum Gasteiger partial charge on any atom is -0.381 e. The highest BCUT2D eigenvalue weighted by Crippen LogP contribution is 2.32. The normalized spacial score (nSPS) is 21.6. The molecule has 0 saturated heterocycles. The summed E-state index contributed by atoms with van der Waals surface area (Å²) in [6, 6.07) is 5.95. The Morgan fingerprint density at radius 3 is 2.92 bits per heavy atom. The third-order valence-electron chi connectivity index (χ3n) is 4.85. The fraction of sp³-hybridized carbons (Fsp3) is 0.500. The number of aromatic nitrogens is 1. The molecule has 128 valence electrons. The Morgan fingerprint density at radius 2 is 2.12 bits per heavy atom. The van der Waals surface area contributed by atoms with Crippen LogP contribution in [0.25, 0.3) is 10.9 Å². The van der Waals surface area contributed by atoms with Crippen molar-refractivity contribution in [2.45, 2.75) is 44.2 Å². The van der Waals surface area contributed by atoms with E-state index in [9.17, 15) is 4.39 Å². The molecular formula is C18H23FN4S. The first-order valence-electron chi connectivity index (χ1n) is 8.73. The van der Waals surface area contributed by atoms with Gasteiger partial charge in [0.1, 0.15) is 10.9 Å². The van der Waals surface area contributed by atoms with Crippen LogP contribution in [0.5, 0.6) is 0 Å². The van der Waals surface area contributed by atoms with Crippen molar-refractivity contribution in [1.82, 2.24) is 4.98 Å². The zero-order valence-electron chi connectivity index (χ0n) is 13.6. The molecule has 0 amide bonds. The monoisotopic (exact) mass is 346 g/mol. The topological polar surface area (TPSA) is 66.2 Å². The minimum atomic E-state index is -0.199. The first-order chi connectivity index (χ1) is 11.7. The molecule has 2 aromatic rings. The van der Waals surface area contributed by atoms with E-state index in [-0.39, 0.29) is 5.82 Å². The highest BCUT2D eigenvalue weighted by Gasteiger charge is 2.22. The van der Waals surface area contributed by atoms with Gasteiger partial charge in [-0.3, -0.25) is 4.99 Å². The van der Waals surface area contributed by atoms with E-state index in [0.29, 0.717) is 18.6 Å². The summed E-state index contributed by atoms with van der Waals surface area (Å²) in [6.45, 7) is 0.662. The second-order valence-electron chi connectivity index (χ2n) is 6.70. The lowest BCUT2D eigenvalue weighted by atomic mass is 10.2. The van der Waals surface area contributed by atoms with Crippen LogP contribution >= 0.6 is 11.8 Å². The number of nitrogens with one attached hydrogen (secondary N) is 2. The number of hydrogen-bond acceptors (Lipinski definition) is 4. The van der Waals surface area contributed by atoms with Crippen molar-refractivity contribution in [1.29, 1.82) is 0 Å². The van der Waals surface area contributed by atoms with Gasteiger partial charge in [-0.2, -0.15) is 0 Å². The van der Waals surface area contributed by atoms with E-state index in [1.807, 2.05) is 6.07 Å². The maximum atomic E-state index is 14.0. The largest absolute Gasteiger partial charge is 0.381 e. The fourth-order valence-electron chi connectivity index (χ4n) is 3.63. The molecule has 4 rings (SSSR count). The molecule has 4 N–H and O–H groups in total. The number of halogens is 1. The van der Waals surface area contributed by atoms with Crippen LogP contribution in [0, 0.1) is 5.82 Å². The highest BCUT2D eigenvalue weighted by atomic mass is 32.2. The van der Waals surface area contributed by atoms with E-state index >= 15 is 0 Å². The Morgan fingerprint density at radius 1 is 1.29 bits per heavy atom. The van der Waals surface area contributed by atoms with E-state index in [4.69, 9.17) is 10.7 Å². The Balaban J connectivity index is 1.66. The van der Waals surface area contributed by atoms with Crippen LogP contribution in [0.2, 0.25) is 0 Å². The summed E-state index contributed by atoms with van der Waals surface area (Å²) in [5.41, 5.74) is 8.45. The lowest BCUT2D eigenvalue weighted by Gasteiger charge is -2.14. The Bertz CT molecular complexity index is 764. The predicted molar refractivity (Wildman–Crippen MR) is 101 cm³/mol. The van der Waals surface area contributed by atoms with Crippen LogP contribution in [0.3, 0.4) is 0 Å². The second-order valence-corrected chi connectivity index (χ2v) is 7.71. The summed E-state index contributed by atoms with van der Waals surface area (Å²) in [4.78, 5) is 8.21. The summed E-state index contributed by atoms with van der Waals surface area (Å²) in [5, 5.41) is 5.43. The summed E-state index contributed by atoms with van der Waals surface area (Å²) in [6.07, 6.45) is 5.74. The van der Waals surface area contributed by atoms with Crippen molar-refractivity contribution in [2.75, 3.05) is 17.6 Å². The van der Waals surface area contributed by atoms with Crippen molar-refractivity contribution in [3.05, 3.63) is 29.7 Å². The van der Waals surface area contributed by atoms with Gasteiger partial charge in [0.15, 0.2) is 0 Å². The van der Waals surface area contributed by atoms with Crippen LogP contribution in [0.4, 0.5) is 10.1 Å². The quantitative estimate of drug-likeness (QED) is 0.770. The summed E-state index contributed by atoms with van der Waals surface area (Å²) in [7, 11) is 0. The van der Waals surface area contributed by atoms with Gasteiger partial charge in [0.25, 0.3) is 0 Å². The number of thioether (sulfide) groups is 1. The molecule has 0 bridgehead atoms. The zero-order chi connectivity index (χ0) is 16.5. The van der Waals surface area contributed by atoms with Crippen LogP contribution in [0.15, 0.2) is 23.2 Å². The molecule has 0 radical (unpaired) electrons. The fourth-order valence-corrected chi connectivity index (χ4v) is 4.71. The molecule has 0 spiro atoms. The van der Waals surface area contributed by atoms with Crippen molar-refractivity contribution in [3.8, 4) is 0 Å². The number of fused-ring (bicyclic) bond motifs is 1. The number of aliphatic imine (C=N–C) groups is 1. The van der Waals surface area contributed by atoms with Gasteiger partial charge in [0, 0.05) is 17.2 Å². The molecule has 1 aliphatic carbocycles. The average Bonchev–Trinajstić information content (AvgIpc) is 3.26. The molecule has 1 fully saturated rings. The van der Waals surface area contributed by atoms with Gasteiger partial charge < -0.3 is 16.0 Å². The van der Waals surface area contributed by atoms with Gasteiger partial charge in [-0.25, -0.2) is 4.39 Å². The number of hydrogen-bond donors (Lipinski definition) is 3. The van der Waals surface area contributed by atoms with E-state index < -0.39 is 0 Å². The van der Waals surface area contributed by atoms with Crippen LogP contribution in [-0.2, 0) is 0 Å². The summed E-state index contributed by atoms with van der Waals surface area (Å²) >= 11 is 1.75. The van der Waals surface area contributed by atoms with Gasteiger partial charge in [-0.05, 0) is 44.0 Å². The highest BCUT2D eigenvalue weighted by molar-refractivity contribution is 8.14. The van der Waals surface area contributed by atoms with Crippen molar-refractivity contribution < 1.29 is 4.39 Å². The van der Waals surface area contributed by atoms with Crippen LogP contribution in [-0.4, -0.2) is 34.4 Å². The zero-order valence-corrected chi connectivity index (χ0v) is 14.5. The van der Waals surface area contributed by atoms with Gasteiger partial charge in [0.2, 0.25) is 0 Å². The van der Waals surface area contributed by atoms with E-state index in [1.165, 1.54) is 12.8 Å². The number of rotatable bonds is 5. The van der Waals surface area contributed by atoms with E-state index in [1.54, 1.807) is 23.9 Å². The number of aromatic amines is 1. The maximum absolute atomic E-state index is 14.0. The van der Waals surface area contributed by atoms with Crippen LogP contribution in [0.1, 0.15) is 37.8 Å². The second kappa shape index (κ2) is 6.76. The van der Waals surface area contributed by atoms with Crippen molar-refractivity contribution in [3.63, 3.8) is 0 Å². The van der Waals surface area contributed by atoms with Gasteiger partial charge in [-0.15, -0.1) is 11.8 Å². The molecule has 1 atom stereocenters. The molecule has 1 saturated carbocycles. The lowest BCUT2D eigenvalue weighted by Crippen LogP contribution is -2.14. The van der Waals surface area contributed by atoms with Gasteiger partial charge in [0.05, 0.1) is 22.9 Å². The molecule has 4 nitrogen and oxygen atoms in total. The number of anilines is 1. The average molecular weight is 346 g/mol. The Labute approximate surface area is 145 Å². The first-order valence-corrected chi connectivity index (χ1v) is 9.71. The van der Waals surface area contributed by atoms with E-state index in [2.05, 4.69) is 10.3 Å². The molecular weight excluding hydrogens is 323 g/mol. The molecule has 1 aliphatic heterocycles. The molecule has 6 heteroatoms. The van der Waals surface area contributed by atoms with E-state index in [0.717, 1.165) is 52.3 Å². The molecule has 0 unspecified atom stereocenters. The Hall–Kier alpha value is -1.53. The van der Waals surface area contributed by atoms with Gasteiger partial charge >= 0.3 is 0 Å². The summed E-state index contributed by atoms with van der Waals surface area (Å²) in [5.74, 6) is 0.777.